The molecular weight excluding hydrogens is 400 g/mol. The number of para-hydroxylation sites is 2. The molecule has 1 N–H and O–H groups in total. The molecule has 0 spiro atoms. The maximum absolute atomic E-state index is 6.07. The van der Waals surface area contributed by atoms with Gasteiger partial charge in [0, 0.05) is 24.5 Å². The van der Waals surface area contributed by atoms with E-state index < -0.39 is 0 Å². The molecule has 0 saturated carbocycles. The highest BCUT2D eigenvalue weighted by atomic mass is 16.5. The quantitative estimate of drug-likeness (QED) is 0.296. The normalized spacial score (nSPS) is 12.0. The van der Waals surface area contributed by atoms with Gasteiger partial charge in [-0.1, -0.05) is 47.7 Å². The first kappa shape index (κ1) is 21.0. The molecule has 0 fully saturated rings. The third kappa shape index (κ3) is 5.07. The number of allylic oxidation sites excluding steroid dienone is 3. The van der Waals surface area contributed by atoms with Crippen molar-refractivity contribution in [1.29, 1.82) is 0 Å². The minimum absolute atomic E-state index is 0.674. The largest absolute Gasteiger partial charge is 0.457 e. The molecular formula is C25H24N6O. The molecule has 0 aliphatic heterocycles. The summed E-state index contributed by atoms with van der Waals surface area (Å²) < 4.78 is 8.11. The van der Waals surface area contributed by atoms with E-state index in [1.165, 1.54) is 0 Å². The lowest BCUT2D eigenvalue weighted by Crippen LogP contribution is -2.00. The number of hydrogen-bond acceptors (Lipinski definition) is 5. The highest BCUT2D eigenvalue weighted by molar-refractivity contribution is 5.82. The fourth-order valence-electron chi connectivity index (χ4n) is 3.29. The summed E-state index contributed by atoms with van der Waals surface area (Å²) in [6, 6.07) is 17.9. The molecule has 32 heavy (non-hydrogen) atoms. The van der Waals surface area contributed by atoms with E-state index in [2.05, 4.69) is 38.2 Å². The van der Waals surface area contributed by atoms with Gasteiger partial charge in [-0.05, 0) is 49.9 Å². The summed E-state index contributed by atoms with van der Waals surface area (Å²) in [6.45, 7) is 6.40. The smallest absolute Gasteiger partial charge is 0.130 e. The van der Waals surface area contributed by atoms with E-state index in [4.69, 9.17) is 4.74 Å². The molecule has 2 aromatic carbocycles. The molecule has 7 nitrogen and oxygen atoms in total. The van der Waals surface area contributed by atoms with Crippen molar-refractivity contribution in [2.75, 3.05) is 0 Å². The summed E-state index contributed by atoms with van der Waals surface area (Å²) >= 11 is 0. The molecule has 2 aromatic heterocycles. The summed E-state index contributed by atoms with van der Waals surface area (Å²) in [5.41, 5.74) is 4.18. The Kier molecular flexibility index (Phi) is 6.67. The van der Waals surface area contributed by atoms with Gasteiger partial charge in [0.25, 0.3) is 0 Å². The lowest BCUT2D eigenvalue weighted by Gasteiger charge is -2.11. The van der Waals surface area contributed by atoms with Crippen molar-refractivity contribution in [2.45, 2.75) is 19.9 Å². The predicted octanol–water partition coefficient (Wildman–Crippen LogP) is 5.18. The lowest BCUT2D eigenvalue weighted by atomic mass is 10.1. The first-order chi connectivity index (χ1) is 15.8. The Morgan fingerprint density at radius 3 is 2.69 bits per heavy atom. The summed E-state index contributed by atoms with van der Waals surface area (Å²) in [7, 11) is 0. The van der Waals surface area contributed by atoms with Crippen LogP contribution in [0.4, 0.5) is 0 Å². The fourth-order valence-corrected chi connectivity index (χ4v) is 3.29. The summed E-state index contributed by atoms with van der Waals surface area (Å²) in [4.78, 5) is 8.68. The van der Waals surface area contributed by atoms with Crippen LogP contribution in [-0.2, 0) is 13.0 Å². The van der Waals surface area contributed by atoms with Crippen molar-refractivity contribution < 1.29 is 4.74 Å². The van der Waals surface area contributed by atoms with Crippen LogP contribution < -0.4 is 4.74 Å². The van der Waals surface area contributed by atoms with E-state index in [-0.39, 0.29) is 0 Å². The van der Waals surface area contributed by atoms with Gasteiger partial charge < -0.3 is 9.30 Å². The molecule has 0 atom stereocenters. The Morgan fingerprint density at radius 1 is 1.12 bits per heavy atom. The summed E-state index contributed by atoms with van der Waals surface area (Å²) in [6.07, 6.45) is 10.2. The molecule has 0 saturated heterocycles. The van der Waals surface area contributed by atoms with Crippen molar-refractivity contribution in [2.24, 2.45) is 4.99 Å². The lowest BCUT2D eigenvalue weighted by molar-refractivity contribution is 0.474. The predicted molar refractivity (Wildman–Crippen MR) is 126 cm³/mol. The van der Waals surface area contributed by atoms with Crippen LogP contribution in [0.2, 0.25) is 0 Å². The van der Waals surface area contributed by atoms with E-state index in [1.807, 2.05) is 78.4 Å². The van der Waals surface area contributed by atoms with Crippen molar-refractivity contribution in [3.63, 3.8) is 0 Å². The van der Waals surface area contributed by atoms with E-state index >= 15 is 0 Å². The zero-order valence-corrected chi connectivity index (χ0v) is 17.8. The topological polar surface area (TPSA) is 81.0 Å². The summed E-state index contributed by atoms with van der Waals surface area (Å²) in [5, 5.41) is 10.5. The Labute approximate surface area is 186 Å². The molecule has 0 unspecified atom stereocenters. The van der Waals surface area contributed by atoms with Crippen LogP contribution in [0.25, 0.3) is 11.3 Å². The minimum atomic E-state index is 0.674. The van der Waals surface area contributed by atoms with Gasteiger partial charge in [-0.25, -0.2) is 4.98 Å². The molecule has 2 heterocycles. The SMILES string of the molecule is C=N/C(=C\C(=C/C)c1c[nH]nn1)c1cn(CCc2ccccc2Oc2ccccc2)cn1. The second-order valence-corrected chi connectivity index (χ2v) is 7.06. The zero-order valence-electron chi connectivity index (χ0n) is 17.8. The number of aromatic nitrogens is 5. The fraction of sp³-hybridized carbons (Fsp3) is 0.120. The average Bonchev–Trinajstić information content (AvgIpc) is 3.53. The van der Waals surface area contributed by atoms with Crippen LogP contribution in [0.3, 0.4) is 0 Å². The van der Waals surface area contributed by atoms with Gasteiger partial charge in [0.1, 0.15) is 22.9 Å². The highest BCUT2D eigenvalue weighted by Gasteiger charge is 2.09. The Hall–Kier alpha value is -4.26. The monoisotopic (exact) mass is 424 g/mol. The van der Waals surface area contributed by atoms with Crippen LogP contribution in [0.15, 0.2) is 90.5 Å². The first-order valence-corrected chi connectivity index (χ1v) is 10.3. The number of rotatable bonds is 9. The number of benzene rings is 2. The number of ether oxygens (including phenoxy) is 1. The number of imidazole rings is 1. The molecule has 0 aliphatic carbocycles. The van der Waals surface area contributed by atoms with E-state index in [1.54, 1.807) is 12.5 Å². The van der Waals surface area contributed by atoms with Crippen LogP contribution in [0.5, 0.6) is 11.5 Å². The zero-order chi connectivity index (χ0) is 22.2. The first-order valence-electron chi connectivity index (χ1n) is 10.3. The standard InChI is InChI=1S/C25H24N6O/c1-3-19(23-16-28-30-29-23)15-22(26-2)24-17-31(18-27-24)14-13-20-9-7-8-12-25(20)32-21-10-5-4-6-11-21/h3-12,15-18H,2,13-14H2,1H3,(H,28,29,30)/b19-3+,22-15-. The third-order valence-electron chi connectivity index (χ3n) is 4.96. The number of aryl methyl sites for hydroxylation is 2. The molecule has 4 rings (SSSR count). The number of aliphatic imine (C=N–C) groups is 1. The molecule has 7 heteroatoms. The molecule has 0 aliphatic rings. The number of nitrogens with one attached hydrogen (secondary N) is 1. The maximum atomic E-state index is 6.07. The van der Waals surface area contributed by atoms with Gasteiger partial charge in [0.15, 0.2) is 0 Å². The van der Waals surface area contributed by atoms with Gasteiger partial charge in [-0.15, -0.1) is 5.10 Å². The Morgan fingerprint density at radius 2 is 1.94 bits per heavy atom. The van der Waals surface area contributed by atoms with Gasteiger partial charge >= 0.3 is 0 Å². The number of aromatic amines is 1. The minimum Gasteiger partial charge on any atom is -0.457 e. The molecule has 0 amide bonds. The van der Waals surface area contributed by atoms with Crippen molar-refractivity contribution in [1.82, 2.24) is 25.0 Å². The van der Waals surface area contributed by atoms with Gasteiger partial charge in [-0.3, -0.25) is 10.1 Å². The number of hydrogen-bond donors (Lipinski definition) is 1. The van der Waals surface area contributed by atoms with Crippen molar-refractivity contribution in [3.8, 4) is 11.5 Å². The molecule has 160 valence electrons. The van der Waals surface area contributed by atoms with Crippen molar-refractivity contribution >= 4 is 18.0 Å². The third-order valence-corrected chi connectivity index (χ3v) is 4.96. The van der Waals surface area contributed by atoms with Crippen LogP contribution in [0.1, 0.15) is 23.9 Å². The van der Waals surface area contributed by atoms with Crippen LogP contribution >= 0.6 is 0 Å². The Balaban J connectivity index is 1.47. The van der Waals surface area contributed by atoms with E-state index in [0.29, 0.717) is 5.70 Å². The number of H-pyrrole nitrogens is 1. The highest BCUT2D eigenvalue weighted by Crippen LogP contribution is 2.26. The molecule has 0 bridgehead atoms. The van der Waals surface area contributed by atoms with Crippen LogP contribution in [0, 0.1) is 0 Å². The molecule has 4 aromatic rings. The maximum Gasteiger partial charge on any atom is 0.130 e. The summed E-state index contributed by atoms with van der Waals surface area (Å²) in [5.74, 6) is 1.68. The van der Waals surface area contributed by atoms with Gasteiger partial charge in [0.2, 0.25) is 0 Å². The second kappa shape index (κ2) is 10.2. The van der Waals surface area contributed by atoms with E-state index in [9.17, 15) is 0 Å². The number of nitrogens with zero attached hydrogens (tertiary/aromatic N) is 5. The van der Waals surface area contributed by atoms with E-state index in [0.717, 1.165) is 47.0 Å². The second-order valence-electron chi connectivity index (χ2n) is 7.06. The van der Waals surface area contributed by atoms with Gasteiger partial charge in [0.05, 0.1) is 12.0 Å². The molecule has 0 radical (unpaired) electrons. The van der Waals surface area contributed by atoms with Crippen molar-refractivity contribution in [3.05, 3.63) is 102 Å². The Bertz CT molecular complexity index is 1220. The van der Waals surface area contributed by atoms with Gasteiger partial charge in [-0.2, -0.15) is 0 Å². The average molecular weight is 425 g/mol. The van der Waals surface area contributed by atoms with Crippen LogP contribution in [-0.4, -0.2) is 31.7 Å².